The van der Waals surface area contributed by atoms with Crippen LogP contribution in [0.4, 0.5) is 4.79 Å². The highest BCUT2D eigenvalue weighted by molar-refractivity contribution is 6.83. The molecule has 25 heavy (non-hydrogen) atoms. The monoisotopic (exact) mass is 357 g/mol. The van der Waals surface area contributed by atoms with Crippen LogP contribution < -0.4 is 0 Å². The highest BCUT2D eigenvalue weighted by atomic mass is 28.3. The molecule has 1 aromatic rings. The van der Waals surface area contributed by atoms with E-state index in [2.05, 4.69) is 32.3 Å². The lowest BCUT2D eigenvalue weighted by atomic mass is 9.94. The molecule has 134 valence electrons. The first kappa shape index (κ1) is 18.0. The minimum Gasteiger partial charge on any atom is -0.445 e. The van der Waals surface area contributed by atoms with Crippen molar-refractivity contribution in [2.45, 2.75) is 44.8 Å². The molecule has 1 aromatic carbocycles. The van der Waals surface area contributed by atoms with E-state index in [4.69, 9.17) is 9.47 Å². The fraction of sp³-hybridized carbons (Fsp3) is 0.450. The average Bonchev–Trinajstić information content (AvgIpc) is 2.58. The number of hydrogen-bond acceptors (Lipinski definition) is 3. The van der Waals surface area contributed by atoms with Gasteiger partial charge in [0.15, 0.2) is 0 Å². The molecule has 0 aromatic heterocycles. The lowest BCUT2D eigenvalue weighted by molar-refractivity contribution is -0.0367. The van der Waals surface area contributed by atoms with Gasteiger partial charge in [0.25, 0.3) is 0 Å². The quantitative estimate of drug-likeness (QED) is 0.760. The fourth-order valence-electron chi connectivity index (χ4n) is 3.38. The topological polar surface area (TPSA) is 38.8 Å². The first-order valence-electron chi connectivity index (χ1n) is 8.83. The maximum Gasteiger partial charge on any atom is 0.411 e. The Kier molecular flexibility index (Phi) is 5.15. The number of fused-ring (bicyclic) bond motifs is 2. The molecule has 2 bridgehead atoms. The molecule has 2 heterocycles. The average molecular weight is 358 g/mol. The summed E-state index contributed by atoms with van der Waals surface area (Å²) in [5.41, 5.74) is 2.31. The van der Waals surface area contributed by atoms with Crippen LogP contribution in [0.5, 0.6) is 0 Å². The lowest BCUT2D eigenvalue weighted by Gasteiger charge is -2.44. The number of hydrogen-bond donors (Lipinski definition) is 0. The number of carbonyl (C=O) groups is 1. The second-order valence-electron chi connectivity index (χ2n) is 7.83. The van der Waals surface area contributed by atoms with E-state index < -0.39 is 8.07 Å². The van der Waals surface area contributed by atoms with E-state index in [1.54, 1.807) is 0 Å². The largest absolute Gasteiger partial charge is 0.445 e. The van der Waals surface area contributed by atoms with Crippen LogP contribution in [0.1, 0.15) is 12.0 Å². The van der Waals surface area contributed by atoms with Crippen LogP contribution >= 0.6 is 0 Å². The molecule has 2 aliphatic rings. The normalized spacial score (nSPS) is 23.0. The van der Waals surface area contributed by atoms with E-state index in [9.17, 15) is 4.79 Å². The number of morpholine rings is 1. The Labute approximate surface area is 151 Å². The summed E-state index contributed by atoms with van der Waals surface area (Å²) in [5.74, 6) is 0. The van der Waals surface area contributed by atoms with E-state index in [0.717, 1.165) is 12.0 Å². The number of rotatable bonds is 4. The van der Waals surface area contributed by atoms with Crippen LogP contribution in [0.15, 0.2) is 53.8 Å². The Morgan fingerprint density at radius 3 is 2.64 bits per heavy atom. The molecule has 1 amide bonds. The van der Waals surface area contributed by atoms with Crippen molar-refractivity contribution >= 4 is 14.2 Å². The molecule has 0 spiro atoms. The second kappa shape index (κ2) is 7.18. The molecule has 0 saturated carbocycles. The molecular weight excluding hydrogens is 330 g/mol. The summed E-state index contributed by atoms with van der Waals surface area (Å²) in [4.78, 5) is 14.5. The zero-order chi connectivity index (χ0) is 18.0. The first-order valence-corrected chi connectivity index (χ1v) is 12.3. The van der Waals surface area contributed by atoms with Crippen molar-refractivity contribution in [1.82, 2.24) is 4.90 Å². The summed E-state index contributed by atoms with van der Waals surface area (Å²) in [5, 5.41) is 1.28. The van der Waals surface area contributed by atoms with Gasteiger partial charge < -0.3 is 9.47 Å². The van der Waals surface area contributed by atoms with Gasteiger partial charge in [0.2, 0.25) is 0 Å². The number of allylic oxidation sites excluding steroid dienone is 1. The van der Waals surface area contributed by atoms with Gasteiger partial charge >= 0.3 is 6.09 Å². The molecule has 2 atom stereocenters. The van der Waals surface area contributed by atoms with E-state index in [1.807, 2.05) is 35.2 Å². The zero-order valence-electron chi connectivity index (χ0n) is 15.3. The predicted octanol–water partition coefficient (Wildman–Crippen LogP) is 4.16. The van der Waals surface area contributed by atoms with Crippen LogP contribution in [-0.2, 0) is 16.1 Å². The maximum atomic E-state index is 12.7. The molecule has 0 radical (unpaired) electrons. The first-order chi connectivity index (χ1) is 11.9. The summed E-state index contributed by atoms with van der Waals surface area (Å²) >= 11 is 0. The third-order valence-corrected chi connectivity index (χ3v) is 7.04. The smallest absolute Gasteiger partial charge is 0.411 e. The van der Waals surface area contributed by atoms with Gasteiger partial charge in [-0.15, -0.1) is 0 Å². The van der Waals surface area contributed by atoms with Crippen LogP contribution in [0.3, 0.4) is 0 Å². The molecule has 1 fully saturated rings. The van der Waals surface area contributed by atoms with Gasteiger partial charge in [0, 0.05) is 0 Å². The third kappa shape index (κ3) is 4.04. The summed E-state index contributed by atoms with van der Waals surface area (Å²) in [7, 11) is -1.44. The molecule has 0 aliphatic carbocycles. The highest BCUT2D eigenvalue weighted by Crippen LogP contribution is 2.33. The van der Waals surface area contributed by atoms with Crippen LogP contribution in [0, 0.1) is 0 Å². The molecule has 4 nitrogen and oxygen atoms in total. The van der Waals surface area contributed by atoms with E-state index in [1.165, 1.54) is 10.8 Å². The molecule has 5 heteroatoms. The minimum absolute atomic E-state index is 0.0372. The molecule has 3 rings (SSSR count). The Hall–Kier alpha value is -1.85. The van der Waals surface area contributed by atoms with E-state index in [-0.39, 0.29) is 18.2 Å². The van der Waals surface area contributed by atoms with Gasteiger partial charge in [-0.3, -0.25) is 4.90 Å². The summed E-state index contributed by atoms with van der Waals surface area (Å²) in [6.07, 6.45) is 2.72. The second-order valence-corrected chi connectivity index (χ2v) is 12.9. The third-order valence-electron chi connectivity index (χ3n) is 4.91. The van der Waals surface area contributed by atoms with Gasteiger partial charge in [0.05, 0.1) is 33.4 Å². The van der Waals surface area contributed by atoms with Gasteiger partial charge in [-0.05, 0) is 17.6 Å². The van der Waals surface area contributed by atoms with Gasteiger partial charge in [0.1, 0.15) is 6.61 Å². The predicted molar refractivity (Wildman–Crippen MR) is 102 cm³/mol. The van der Waals surface area contributed by atoms with Gasteiger partial charge in [-0.1, -0.05) is 67.8 Å². The standard InChI is InChI=1S/C20H27NO3Si/c1-15(25(2,3)4)17-10-18-13-23-14-19(11-17)21(18)20(22)24-12-16-8-6-5-7-9-16/h5-10,18-19H,1,11-14H2,2-4H3. The van der Waals surface area contributed by atoms with Gasteiger partial charge in [-0.2, -0.15) is 0 Å². The number of amides is 1. The maximum absolute atomic E-state index is 12.7. The Balaban J connectivity index is 1.71. The van der Waals surface area contributed by atoms with Crippen molar-refractivity contribution in [3.63, 3.8) is 0 Å². The molecule has 2 unspecified atom stereocenters. The number of nitrogens with zero attached hydrogens (tertiary/aromatic N) is 1. The summed E-state index contributed by atoms with van der Waals surface area (Å²) in [6, 6.07) is 9.75. The van der Waals surface area contributed by atoms with Crippen molar-refractivity contribution in [1.29, 1.82) is 0 Å². The Morgan fingerprint density at radius 1 is 1.28 bits per heavy atom. The molecule has 1 saturated heterocycles. The Bertz CT molecular complexity index is 678. The summed E-state index contributed by atoms with van der Waals surface area (Å²) in [6.45, 7) is 12.7. The van der Waals surface area contributed by atoms with Crippen molar-refractivity contribution in [3.05, 3.63) is 59.3 Å². The minimum atomic E-state index is -1.44. The van der Waals surface area contributed by atoms with Crippen molar-refractivity contribution in [3.8, 4) is 0 Å². The fourth-order valence-corrected chi connectivity index (χ4v) is 4.53. The number of ether oxygens (including phenoxy) is 2. The number of carbonyl (C=O) groups excluding carboxylic acids is 1. The van der Waals surface area contributed by atoms with Crippen LogP contribution in [0.25, 0.3) is 0 Å². The molecular formula is C20H27NO3Si. The molecule has 0 N–H and O–H groups in total. The lowest BCUT2D eigenvalue weighted by Crippen LogP contribution is -2.56. The SMILES string of the molecule is C=C(C1=CC2COCC(C1)N2C(=O)OCc1ccccc1)[Si](C)(C)C. The van der Waals surface area contributed by atoms with Crippen molar-refractivity contribution in [2.75, 3.05) is 13.2 Å². The number of benzene rings is 1. The molecule has 2 aliphatic heterocycles. The van der Waals surface area contributed by atoms with Crippen molar-refractivity contribution < 1.29 is 14.3 Å². The van der Waals surface area contributed by atoms with Crippen LogP contribution in [-0.4, -0.2) is 44.4 Å². The van der Waals surface area contributed by atoms with Gasteiger partial charge in [-0.25, -0.2) is 4.79 Å². The zero-order valence-corrected chi connectivity index (χ0v) is 16.3. The highest BCUT2D eigenvalue weighted by Gasteiger charge is 2.40. The van der Waals surface area contributed by atoms with E-state index in [0.29, 0.717) is 19.8 Å². The van der Waals surface area contributed by atoms with Crippen LogP contribution in [0.2, 0.25) is 19.6 Å². The summed E-state index contributed by atoms with van der Waals surface area (Å²) < 4.78 is 11.2. The van der Waals surface area contributed by atoms with Crippen molar-refractivity contribution in [2.24, 2.45) is 0 Å². The Morgan fingerprint density at radius 2 is 2.00 bits per heavy atom. The van der Waals surface area contributed by atoms with E-state index >= 15 is 0 Å².